The van der Waals surface area contributed by atoms with Gasteiger partial charge in [-0.1, -0.05) is 6.92 Å². The van der Waals surface area contributed by atoms with Gasteiger partial charge < -0.3 is 10.2 Å². The second-order valence-electron chi connectivity index (χ2n) is 4.55. The van der Waals surface area contributed by atoms with Crippen LogP contribution in [0.25, 0.3) is 0 Å². The molecule has 0 radical (unpaired) electrons. The van der Waals surface area contributed by atoms with E-state index in [1.165, 1.54) is 11.3 Å². The van der Waals surface area contributed by atoms with Gasteiger partial charge in [-0.05, 0) is 19.9 Å². The molecule has 0 spiro atoms. The summed E-state index contributed by atoms with van der Waals surface area (Å²) in [4.78, 5) is 29.8. The third-order valence-electron chi connectivity index (χ3n) is 2.86. The lowest BCUT2D eigenvalue weighted by Crippen LogP contribution is -2.51. The van der Waals surface area contributed by atoms with Crippen molar-refractivity contribution in [3.63, 3.8) is 0 Å². The van der Waals surface area contributed by atoms with Gasteiger partial charge in [0.15, 0.2) is 5.13 Å². The first-order valence-corrected chi connectivity index (χ1v) is 7.18. The molecule has 0 aliphatic carbocycles. The topological polar surface area (TPSA) is 74.3 Å². The number of carbonyl (C=O) groups is 2. The molecule has 6 nitrogen and oxygen atoms in total. The summed E-state index contributed by atoms with van der Waals surface area (Å²) in [5.74, 6) is -0.546. The molecule has 2 N–H and O–H groups in total. The lowest BCUT2D eigenvalue weighted by Gasteiger charge is -2.24. The molecular formula is C12H18N4O2S. The molecule has 104 valence electrons. The van der Waals surface area contributed by atoms with E-state index in [0.29, 0.717) is 0 Å². The number of nitrogens with one attached hydrogen (secondary N) is 2. The van der Waals surface area contributed by atoms with Crippen molar-refractivity contribution >= 4 is 28.3 Å². The summed E-state index contributed by atoms with van der Waals surface area (Å²) < 4.78 is 0. The standard InChI is InChI=1S/C12H18N4O2S/c1-3-4-13-8(2)9-5-14-12(19-9)16-6-10(17)15-11(18)7-16/h5,8,13H,3-4,6-7H2,1-2H3,(H,15,17,18). The fourth-order valence-electron chi connectivity index (χ4n) is 1.86. The van der Waals surface area contributed by atoms with E-state index in [4.69, 9.17) is 0 Å². The van der Waals surface area contributed by atoms with Crippen molar-refractivity contribution in [1.82, 2.24) is 15.6 Å². The van der Waals surface area contributed by atoms with Crippen molar-refractivity contribution < 1.29 is 9.59 Å². The average molecular weight is 282 g/mol. The number of aromatic nitrogens is 1. The van der Waals surface area contributed by atoms with Crippen LogP contribution in [0.3, 0.4) is 0 Å². The van der Waals surface area contributed by atoms with Gasteiger partial charge in [0, 0.05) is 17.1 Å². The Bertz CT molecular complexity index is 458. The molecule has 1 aromatic heterocycles. The fourth-order valence-corrected chi connectivity index (χ4v) is 2.80. The zero-order valence-corrected chi connectivity index (χ0v) is 11.9. The van der Waals surface area contributed by atoms with Crippen LogP contribution in [0.15, 0.2) is 6.20 Å². The van der Waals surface area contributed by atoms with Crippen LogP contribution in [-0.2, 0) is 9.59 Å². The highest BCUT2D eigenvalue weighted by Gasteiger charge is 2.25. The smallest absolute Gasteiger partial charge is 0.246 e. The minimum Gasteiger partial charge on any atom is -0.329 e. The lowest BCUT2D eigenvalue weighted by atomic mass is 10.3. The van der Waals surface area contributed by atoms with Crippen LogP contribution in [0.4, 0.5) is 5.13 Å². The van der Waals surface area contributed by atoms with Crippen molar-refractivity contribution in [2.24, 2.45) is 0 Å². The molecular weight excluding hydrogens is 264 g/mol. The summed E-state index contributed by atoms with van der Waals surface area (Å²) in [6.45, 7) is 5.54. The van der Waals surface area contributed by atoms with Gasteiger partial charge in [-0.2, -0.15) is 0 Å². The summed E-state index contributed by atoms with van der Waals surface area (Å²) in [7, 11) is 0. The number of imide groups is 1. The van der Waals surface area contributed by atoms with E-state index < -0.39 is 0 Å². The van der Waals surface area contributed by atoms with Gasteiger partial charge in [0.1, 0.15) is 13.1 Å². The summed E-state index contributed by atoms with van der Waals surface area (Å²) in [6.07, 6.45) is 2.89. The molecule has 19 heavy (non-hydrogen) atoms. The van der Waals surface area contributed by atoms with E-state index in [0.717, 1.165) is 23.0 Å². The second-order valence-corrected chi connectivity index (χ2v) is 5.59. The van der Waals surface area contributed by atoms with Crippen LogP contribution in [-0.4, -0.2) is 36.4 Å². The maximum absolute atomic E-state index is 11.3. The molecule has 1 aliphatic heterocycles. The van der Waals surface area contributed by atoms with Gasteiger partial charge in [0.05, 0.1) is 0 Å². The van der Waals surface area contributed by atoms with Crippen LogP contribution >= 0.6 is 11.3 Å². The minimum absolute atomic E-state index is 0.190. The molecule has 1 atom stereocenters. The monoisotopic (exact) mass is 282 g/mol. The molecule has 2 amide bonds. The summed E-state index contributed by atoms with van der Waals surface area (Å²) in [5.41, 5.74) is 0. The van der Waals surface area contributed by atoms with E-state index in [-0.39, 0.29) is 30.9 Å². The van der Waals surface area contributed by atoms with Gasteiger partial charge in [0.25, 0.3) is 0 Å². The number of nitrogens with zero attached hydrogens (tertiary/aromatic N) is 2. The molecule has 1 fully saturated rings. The molecule has 2 rings (SSSR count). The lowest BCUT2D eigenvalue weighted by molar-refractivity contribution is -0.130. The number of anilines is 1. The van der Waals surface area contributed by atoms with Crippen molar-refractivity contribution in [2.75, 3.05) is 24.5 Å². The first kappa shape index (κ1) is 14.0. The number of piperazine rings is 1. The van der Waals surface area contributed by atoms with Crippen molar-refractivity contribution in [3.8, 4) is 0 Å². The van der Waals surface area contributed by atoms with Crippen molar-refractivity contribution in [3.05, 3.63) is 11.1 Å². The van der Waals surface area contributed by atoms with Gasteiger partial charge in [-0.15, -0.1) is 11.3 Å². The minimum atomic E-state index is -0.273. The maximum Gasteiger partial charge on any atom is 0.246 e. The number of rotatable bonds is 5. The summed E-state index contributed by atoms with van der Waals surface area (Å²) >= 11 is 1.52. The van der Waals surface area contributed by atoms with Gasteiger partial charge in [-0.3, -0.25) is 14.9 Å². The molecule has 1 aliphatic rings. The second kappa shape index (κ2) is 6.12. The van der Waals surface area contributed by atoms with E-state index in [9.17, 15) is 9.59 Å². The Kier molecular flexibility index (Phi) is 4.49. The van der Waals surface area contributed by atoms with Crippen molar-refractivity contribution in [2.45, 2.75) is 26.3 Å². The van der Waals surface area contributed by atoms with Gasteiger partial charge in [-0.25, -0.2) is 4.98 Å². The third-order valence-corrected chi connectivity index (χ3v) is 4.10. The Balaban J connectivity index is 2.03. The Morgan fingerprint density at radius 1 is 1.47 bits per heavy atom. The Morgan fingerprint density at radius 3 is 2.79 bits per heavy atom. The molecule has 1 unspecified atom stereocenters. The van der Waals surface area contributed by atoms with E-state index in [1.807, 2.05) is 6.20 Å². The highest BCUT2D eigenvalue weighted by molar-refractivity contribution is 7.15. The zero-order valence-electron chi connectivity index (χ0n) is 11.1. The fraction of sp³-hybridized carbons (Fsp3) is 0.583. The third kappa shape index (κ3) is 3.51. The van der Waals surface area contributed by atoms with Crippen molar-refractivity contribution in [1.29, 1.82) is 0 Å². The molecule has 2 heterocycles. The quantitative estimate of drug-likeness (QED) is 0.776. The first-order valence-electron chi connectivity index (χ1n) is 6.37. The molecule has 0 bridgehead atoms. The predicted octanol–water partition coefficient (Wildman–Crippen LogP) is 0.666. The Morgan fingerprint density at radius 2 is 2.16 bits per heavy atom. The number of carbonyl (C=O) groups excluding carboxylic acids is 2. The predicted molar refractivity (Wildman–Crippen MR) is 74.2 cm³/mol. The Hall–Kier alpha value is -1.47. The Labute approximate surface area is 116 Å². The van der Waals surface area contributed by atoms with Crippen LogP contribution in [0, 0.1) is 0 Å². The molecule has 0 saturated carbocycles. The molecule has 7 heteroatoms. The average Bonchev–Trinajstić information content (AvgIpc) is 2.84. The molecule has 0 aromatic carbocycles. The molecule has 1 aromatic rings. The summed E-state index contributed by atoms with van der Waals surface area (Å²) in [6, 6.07) is 0.237. The van der Waals surface area contributed by atoms with Crippen LogP contribution in [0.1, 0.15) is 31.2 Å². The number of hydrogen-bond acceptors (Lipinski definition) is 6. The van der Waals surface area contributed by atoms with Gasteiger partial charge >= 0.3 is 0 Å². The normalized spacial score (nSPS) is 17.5. The number of hydrogen-bond donors (Lipinski definition) is 2. The van der Waals surface area contributed by atoms with Crippen LogP contribution < -0.4 is 15.5 Å². The van der Waals surface area contributed by atoms with E-state index in [1.54, 1.807) is 4.90 Å². The van der Waals surface area contributed by atoms with E-state index in [2.05, 4.69) is 29.5 Å². The highest BCUT2D eigenvalue weighted by atomic mass is 32.1. The number of amides is 2. The largest absolute Gasteiger partial charge is 0.329 e. The maximum atomic E-state index is 11.3. The SMILES string of the molecule is CCCNC(C)c1cnc(N2CC(=O)NC(=O)C2)s1. The van der Waals surface area contributed by atoms with Gasteiger partial charge in [0.2, 0.25) is 11.8 Å². The van der Waals surface area contributed by atoms with Crippen LogP contribution in [0.5, 0.6) is 0 Å². The molecule has 1 saturated heterocycles. The van der Waals surface area contributed by atoms with E-state index >= 15 is 0 Å². The summed E-state index contributed by atoms with van der Waals surface area (Å²) in [5, 5.41) is 6.39. The zero-order chi connectivity index (χ0) is 13.8. The number of thiazole rings is 1. The highest BCUT2D eigenvalue weighted by Crippen LogP contribution is 2.27. The van der Waals surface area contributed by atoms with Crippen LogP contribution in [0.2, 0.25) is 0 Å². The first-order chi connectivity index (χ1) is 9.10.